The van der Waals surface area contributed by atoms with Crippen LogP contribution in [-0.2, 0) is 4.74 Å². The Morgan fingerprint density at radius 2 is 1.77 bits per heavy atom. The molecule has 4 nitrogen and oxygen atoms in total. The van der Waals surface area contributed by atoms with Gasteiger partial charge in [0, 0.05) is 29.7 Å². The first-order chi connectivity index (χ1) is 10.7. The van der Waals surface area contributed by atoms with E-state index in [-0.39, 0.29) is 5.82 Å². The maximum absolute atomic E-state index is 13.2. The molecule has 0 atom stereocenters. The third kappa shape index (κ3) is 2.48. The van der Waals surface area contributed by atoms with Crippen molar-refractivity contribution in [3.05, 3.63) is 66.5 Å². The second kappa shape index (κ2) is 5.81. The van der Waals surface area contributed by atoms with E-state index in [2.05, 4.69) is 9.97 Å². The van der Waals surface area contributed by atoms with E-state index < -0.39 is 5.97 Å². The summed E-state index contributed by atoms with van der Waals surface area (Å²) >= 11 is 0. The third-order valence-corrected chi connectivity index (χ3v) is 3.39. The van der Waals surface area contributed by atoms with E-state index in [1.165, 1.54) is 19.2 Å². The summed E-state index contributed by atoms with van der Waals surface area (Å²) in [4.78, 5) is 18.9. The van der Waals surface area contributed by atoms with Crippen LogP contribution in [0.1, 0.15) is 10.5 Å². The lowest BCUT2D eigenvalue weighted by molar-refractivity contribution is 0.0596. The lowest BCUT2D eigenvalue weighted by atomic mass is 9.97. The molecular weight excluding hydrogens is 283 g/mol. The topological polar surface area (TPSA) is 55.0 Å². The zero-order chi connectivity index (χ0) is 15.5. The summed E-state index contributed by atoms with van der Waals surface area (Å²) in [5, 5.41) is 0. The zero-order valence-corrected chi connectivity index (χ0v) is 11.8. The molecule has 1 N–H and O–H groups in total. The molecule has 0 aliphatic carbocycles. The van der Waals surface area contributed by atoms with Crippen LogP contribution in [0, 0.1) is 5.82 Å². The van der Waals surface area contributed by atoms with E-state index in [1.807, 2.05) is 12.1 Å². The lowest BCUT2D eigenvalue weighted by Gasteiger charge is -2.07. The largest absolute Gasteiger partial charge is 0.464 e. The van der Waals surface area contributed by atoms with Gasteiger partial charge in [-0.15, -0.1) is 0 Å². The van der Waals surface area contributed by atoms with Crippen molar-refractivity contribution in [3.63, 3.8) is 0 Å². The van der Waals surface area contributed by atoms with Crippen molar-refractivity contribution in [2.24, 2.45) is 0 Å². The molecule has 110 valence electrons. The predicted molar refractivity (Wildman–Crippen MR) is 80.8 cm³/mol. The van der Waals surface area contributed by atoms with Crippen LogP contribution >= 0.6 is 0 Å². The van der Waals surface area contributed by atoms with Crippen LogP contribution in [0.3, 0.4) is 0 Å². The number of nitrogens with one attached hydrogen (secondary N) is 1. The molecule has 3 aromatic rings. The van der Waals surface area contributed by atoms with Gasteiger partial charge in [-0.2, -0.15) is 0 Å². The van der Waals surface area contributed by atoms with Gasteiger partial charge < -0.3 is 9.72 Å². The highest BCUT2D eigenvalue weighted by Crippen LogP contribution is 2.35. The van der Waals surface area contributed by atoms with E-state index in [4.69, 9.17) is 4.74 Å². The molecule has 0 bridgehead atoms. The molecule has 0 spiro atoms. The highest BCUT2D eigenvalue weighted by Gasteiger charge is 2.20. The number of pyridine rings is 1. The van der Waals surface area contributed by atoms with Crippen molar-refractivity contribution in [2.45, 2.75) is 0 Å². The molecule has 0 radical (unpaired) electrons. The fourth-order valence-electron chi connectivity index (χ4n) is 2.36. The number of halogens is 1. The molecule has 0 fully saturated rings. The molecule has 5 heteroatoms. The van der Waals surface area contributed by atoms with Crippen molar-refractivity contribution < 1.29 is 13.9 Å². The molecule has 0 unspecified atom stereocenters. The molecular formula is C17H13FN2O2. The Morgan fingerprint density at radius 3 is 2.41 bits per heavy atom. The smallest absolute Gasteiger partial charge is 0.355 e. The summed E-state index contributed by atoms with van der Waals surface area (Å²) in [6.07, 6.45) is 5.09. The molecule has 2 aromatic heterocycles. The highest BCUT2D eigenvalue weighted by molar-refractivity contribution is 6.01. The molecule has 1 aromatic carbocycles. The minimum atomic E-state index is -0.473. The van der Waals surface area contributed by atoms with Crippen molar-refractivity contribution in [1.29, 1.82) is 0 Å². The van der Waals surface area contributed by atoms with Crippen molar-refractivity contribution >= 4 is 5.97 Å². The van der Waals surface area contributed by atoms with Crippen molar-refractivity contribution in [3.8, 4) is 22.3 Å². The second-order valence-electron chi connectivity index (χ2n) is 4.69. The van der Waals surface area contributed by atoms with E-state index in [0.717, 1.165) is 16.7 Å². The van der Waals surface area contributed by atoms with Crippen LogP contribution in [0.2, 0.25) is 0 Å². The molecule has 22 heavy (non-hydrogen) atoms. The summed E-state index contributed by atoms with van der Waals surface area (Å²) in [6.45, 7) is 0. The Labute approximate surface area is 126 Å². The molecule has 0 saturated heterocycles. The lowest BCUT2D eigenvalue weighted by Crippen LogP contribution is -2.03. The Bertz CT molecular complexity index is 795. The number of hydrogen-bond donors (Lipinski definition) is 1. The van der Waals surface area contributed by atoms with Crippen LogP contribution in [0.5, 0.6) is 0 Å². The number of ether oxygens (including phenoxy) is 1. The average Bonchev–Trinajstić information content (AvgIpc) is 3.00. The van der Waals surface area contributed by atoms with Gasteiger partial charge in [-0.1, -0.05) is 12.1 Å². The minimum Gasteiger partial charge on any atom is -0.464 e. The monoisotopic (exact) mass is 296 g/mol. The fourth-order valence-corrected chi connectivity index (χ4v) is 2.36. The third-order valence-electron chi connectivity index (χ3n) is 3.39. The van der Waals surface area contributed by atoms with E-state index in [1.54, 1.807) is 30.7 Å². The summed E-state index contributed by atoms with van der Waals surface area (Å²) in [5.74, 6) is -0.802. The van der Waals surface area contributed by atoms with Gasteiger partial charge in [-0.05, 0) is 35.4 Å². The Hall–Kier alpha value is -2.95. The van der Waals surface area contributed by atoms with E-state index in [0.29, 0.717) is 11.3 Å². The van der Waals surface area contributed by atoms with Gasteiger partial charge in [0.2, 0.25) is 0 Å². The average molecular weight is 296 g/mol. The van der Waals surface area contributed by atoms with Gasteiger partial charge in [0.25, 0.3) is 0 Å². The molecule has 0 aliphatic heterocycles. The quantitative estimate of drug-likeness (QED) is 0.750. The van der Waals surface area contributed by atoms with Crippen molar-refractivity contribution in [2.75, 3.05) is 7.11 Å². The number of carbonyl (C=O) groups is 1. The number of aromatic amines is 1. The number of esters is 1. The van der Waals surface area contributed by atoms with Crippen LogP contribution in [-0.4, -0.2) is 23.0 Å². The van der Waals surface area contributed by atoms with Crippen LogP contribution < -0.4 is 0 Å². The minimum absolute atomic E-state index is 0.329. The number of nitrogens with zero attached hydrogens (tertiary/aromatic N) is 1. The maximum Gasteiger partial charge on any atom is 0.355 e. The first-order valence-corrected chi connectivity index (χ1v) is 6.66. The van der Waals surface area contributed by atoms with Gasteiger partial charge in [0.1, 0.15) is 11.5 Å². The van der Waals surface area contributed by atoms with Gasteiger partial charge >= 0.3 is 5.97 Å². The normalized spacial score (nSPS) is 10.5. The highest BCUT2D eigenvalue weighted by atomic mass is 19.1. The van der Waals surface area contributed by atoms with E-state index in [9.17, 15) is 9.18 Å². The van der Waals surface area contributed by atoms with Crippen molar-refractivity contribution in [1.82, 2.24) is 9.97 Å². The maximum atomic E-state index is 13.2. The molecule has 0 amide bonds. The number of methoxy groups -OCH3 is 1. The molecule has 2 heterocycles. The molecule has 0 aliphatic rings. The summed E-state index contributed by atoms with van der Waals surface area (Å²) < 4.78 is 18.0. The summed E-state index contributed by atoms with van der Waals surface area (Å²) in [7, 11) is 1.32. The second-order valence-corrected chi connectivity index (χ2v) is 4.69. The Morgan fingerprint density at radius 1 is 1.09 bits per heavy atom. The van der Waals surface area contributed by atoms with Crippen LogP contribution in [0.25, 0.3) is 22.3 Å². The fraction of sp³-hybridized carbons (Fsp3) is 0.0588. The van der Waals surface area contributed by atoms with Gasteiger partial charge in [0.05, 0.1) is 7.11 Å². The zero-order valence-electron chi connectivity index (χ0n) is 11.8. The van der Waals surface area contributed by atoms with Gasteiger partial charge in [0.15, 0.2) is 0 Å². The number of rotatable bonds is 3. The van der Waals surface area contributed by atoms with Gasteiger partial charge in [-0.25, -0.2) is 9.18 Å². The Balaban J connectivity index is 2.22. The Kier molecular flexibility index (Phi) is 3.70. The predicted octanol–water partition coefficient (Wildman–Crippen LogP) is 3.67. The number of benzene rings is 1. The first-order valence-electron chi connectivity index (χ1n) is 6.66. The number of hydrogen-bond acceptors (Lipinski definition) is 3. The number of carbonyl (C=O) groups excluding carboxylic acids is 1. The van der Waals surface area contributed by atoms with Crippen LogP contribution in [0.15, 0.2) is 55.0 Å². The van der Waals surface area contributed by atoms with E-state index >= 15 is 0 Å². The van der Waals surface area contributed by atoms with Gasteiger partial charge in [-0.3, -0.25) is 4.98 Å². The number of aromatic nitrogens is 2. The summed E-state index contributed by atoms with van der Waals surface area (Å²) in [6, 6.07) is 9.68. The standard InChI is InChI=1S/C17H13FN2O2/c1-22-17(21)16-15(12-2-4-13(18)5-3-12)14(10-20-16)11-6-8-19-9-7-11/h2-10,20H,1H3. The SMILES string of the molecule is COC(=O)c1[nH]cc(-c2ccncc2)c1-c1ccc(F)cc1. The molecule has 0 saturated carbocycles. The number of H-pyrrole nitrogens is 1. The summed E-state index contributed by atoms with van der Waals surface area (Å²) in [5.41, 5.74) is 3.48. The molecule has 3 rings (SSSR count). The first kappa shape index (κ1) is 14.0. The van der Waals surface area contributed by atoms with Crippen LogP contribution in [0.4, 0.5) is 4.39 Å².